The molecule has 0 fully saturated rings. The van der Waals surface area contributed by atoms with Crippen molar-refractivity contribution in [1.82, 2.24) is 20.0 Å². The van der Waals surface area contributed by atoms with Gasteiger partial charge in [0.1, 0.15) is 0 Å². The van der Waals surface area contributed by atoms with E-state index in [9.17, 15) is 0 Å². The molecule has 1 aromatic heterocycles. The van der Waals surface area contributed by atoms with Crippen LogP contribution in [-0.2, 0) is 13.0 Å². The average Bonchev–Trinajstić information content (AvgIpc) is 2.75. The number of hydrogen-bond acceptors (Lipinski definition) is 3. The normalized spacial score (nSPS) is 13.1. The van der Waals surface area contributed by atoms with Crippen LogP contribution in [0.5, 0.6) is 0 Å². The van der Waals surface area contributed by atoms with E-state index in [2.05, 4.69) is 47.9 Å². The van der Waals surface area contributed by atoms with Gasteiger partial charge in [0.15, 0.2) is 0 Å². The number of likely N-dealkylation sites (N-methyl/N-ethyl adjacent to an activating group) is 1. The number of hydrogen-bond donors (Lipinski definition) is 1. The highest BCUT2D eigenvalue weighted by molar-refractivity contribution is 6.31. The van der Waals surface area contributed by atoms with Crippen LogP contribution in [-0.4, -0.2) is 47.9 Å². The summed E-state index contributed by atoms with van der Waals surface area (Å²) in [6, 6.07) is 0.582. The summed E-state index contributed by atoms with van der Waals surface area (Å²) >= 11 is 6.28. The van der Waals surface area contributed by atoms with Crippen molar-refractivity contribution in [2.24, 2.45) is 0 Å². The standard InChI is InChI=1S/C15H29ClN4/c1-5-7-13(17-6-2)8-9-15-14(16)12-18-20(15)11-10-19(3)4/h12-13,17H,5-11H2,1-4H3. The Labute approximate surface area is 128 Å². The monoisotopic (exact) mass is 300 g/mol. The molecule has 0 aliphatic rings. The van der Waals surface area contributed by atoms with Gasteiger partial charge in [0.05, 0.1) is 23.5 Å². The van der Waals surface area contributed by atoms with Crippen LogP contribution in [0.3, 0.4) is 0 Å². The fraction of sp³-hybridized carbons (Fsp3) is 0.800. The molecule has 1 heterocycles. The van der Waals surface area contributed by atoms with Gasteiger partial charge in [0.25, 0.3) is 0 Å². The first kappa shape index (κ1) is 17.5. The first-order valence-electron chi connectivity index (χ1n) is 7.66. The zero-order chi connectivity index (χ0) is 15.0. The van der Waals surface area contributed by atoms with Gasteiger partial charge >= 0.3 is 0 Å². The lowest BCUT2D eigenvalue weighted by atomic mass is 10.0. The van der Waals surface area contributed by atoms with E-state index in [-0.39, 0.29) is 0 Å². The van der Waals surface area contributed by atoms with Crippen LogP contribution >= 0.6 is 11.6 Å². The molecule has 1 rings (SSSR count). The fourth-order valence-corrected chi connectivity index (χ4v) is 2.66. The van der Waals surface area contributed by atoms with E-state index < -0.39 is 0 Å². The van der Waals surface area contributed by atoms with E-state index in [1.165, 1.54) is 18.5 Å². The lowest BCUT2D eigenvalue weighted by Crippen LogP contribution is -2.29. The molecule has 20 heavy (non-hydrogen) atoms. The smallest absolute Gasteiger partial charge is 0.0817 e. The molecule has 1 unspecified atom stereocenters. The molecule has 116 valence electrons. The molecule has 4 nitrogen and oxygen atoms in total. The number of nitrogens with zero attached hydrogens (tertiary/aromatic N) is 3. The summed E-state index contributed by atoms with van der Waals surface area (Å²) in [7, 11) is 4.15. The molecule has 0 bridgehead atoms. The van der Waals surface area contributed by atoms with E-state index >= 15 is 0 Å². The molecule has 1 N–H and O–H groups in total. The Kier molecular flexibility index (Phi) is 8.19. The highest BCUT2D eigenvalue weighted by Gasteiger charge is 2.12. The second-order valence-electron chi connectivity index (χ2n) is 5.55. The highest BCUT2D eigenvalue weighted by atomic mass is 35.5. The van der Waals surface area contributed by atoms with Crippen LogP contribution in [0.1, 0.15) is 38.8 Å². The number of halogens is 1. The molecular weight excluding hydrogens is 272 g/mol. The van der Waals surface area contributed by atoms with Crippen molar-refractivity contribution in [3.05, 3.63) is 16.9 Å². The van der Waals surface area contributed by atoms with Crippen molar-refractivity contribution < 1.29 is 0 Å². The predicted molar refractivity (Wildman–Crippen MR) is 86.5 cm³/mol. The second-order valence-corrected chi connectivity index (χ2v) is 5.95. The molecule has 0 aliphatic heterocycles. The fourth-order valence-electron chi connectivity index (χ4n) is 2.42. The van der Waals surface area contributed by atoms with Crippen molar-refractivity contribution in [2.75, 3.05) is 27.2 Å². The molecular formula is C15H29ClN4. The maximum atomic E-state index is 6.28. The maximum Gasteiger partial charge on any atom is 0.0817 e. The minimum Gasteiger partial charge on any atom is -0.314 e. The zero-order valence-corrected chi connectivity index (χ0v) is 14.1. The number of aromatic nitrogens is 2. The highest BCUT2D eigenvalue weighted by Crippen LogP contribution is 2.18. The lowest BCUT2D eigenvalue weighted by Gasteiger charge is -2.18. The summed E-state index contributed by atoms with van der Waals surface area (Å²) in [5.74, 6) is 0. The van der Waals surface area contributed by atoms with Gasteiger partial charge in [0, 0.05) is 12.6 Å². The van der Waals surface area contributed by atoms with E-state index in [4.69, 9.17) is 11.6 Å². The largest absolute Gasteiger partial charge is 0.314 e. The van der Waals surface area contributed by atoms with Gasteiger partial charge in [-0.15, -0.1) is 0 Å². The van der Waals surface area contributed by atoms with E-state index in [0.717, 1.165) is 37.5 Å². The Morgan fingerprint density at radius 3 is 2.70 bits per heavy atom. The molecule has 0 saturated heterocycles. The second kappa shape index (κ2) is 9.37. The summed E-state index contributed by atoms with van der Waals surface area (Å²) in [6.45, 7) is 7.30. The van der Waals surface area contributed by atoms with Crippen LogP contribution in [0.25, 0.3) is 0 Å². The topological polar surface area (TPSA) is 33.1 Å². The number of rotatable bonds is 10. The summed E-state index contributed by atoms with van der Waals surface area (Å²) in [5.41, 5.74) is 1.17. The van der Waals surface area contributed by atoms with Crippen LogP contribution in [0.2, 0.25) is 5.02 Å². The van der Waals surface area contributed by atoms with E-state index in [1.807, 2.05) is 0 Å². The minimum absolute atomic E-state index is 0.582. The maximum absolute atomic E-state index is 6.28. The molecule has 0 amide bonds. The van der Waals surface area contributed by atoms with Gasteiger partial charge in [-0.05, 0) is 39.9 Å². The summed E-state index contributed by atoms with van der Waals surface area (Å²) in [6.07, 6.45) is 6.32. The van der Waals surface area contributed by atoms with Crippen molar-refractivity contribution >= 4 is 11.6 Å². The van der Waals surface area contributed by atoms with Crippen LogP contribution in [0.4, 0.5) is 0 Å². The summed E-state index contributed by atoms with van der Waals surface area (Å²) < 4.78 is 2.05. The Bertz CT molecular complexity index is 370. The summed E-state index contributed by atoms with van der Waals surface area (Å²) in [4.78, 5) is 2.16. The SMILES string of the molecule is CCCC(CCc1c(Cl)cnn1CCN(C)C)NCC. The average molecular weight is 301 g/mol. The molecule has 1 aromatic rings. The van der Waals surface area contributed by atoms with Crippen molar-refractivity contribution in [2.45, 2.75) is 52.1 Å². The van der Waals surface area contributed by atoms with Crippen LogP contribution < -0.4 is 5.32 Å². The predicted octanol–water partition coefficient (Wildman–Crippen LogP) is 2.81. The summed E-state index contributed by atoms with van der Waals surface area (Å²) in [5, 5.41) is 8.75. The van der Waals surface area contributed by atoms with E-state index in [1.54, 1.807) is 6.20 Å². The van der Waals surface area contributed by atoms with E-state index in [0.29, 0.717) is 6.04 Å². The molecule has 0 aromatic carbocycles. The quantitative estimate of drug-likeness (QED) is 0.721. The molecule has 1 atom stereocenters. The lowest BCUT2D eigenvalue weighted by molar-refractivity contribution is 0.367. The third-order valence-corrected chi connectivity index (χ3v) is 3.83. The third kappa shape index (κ3) is 5.81. The number of nitrogens with one attached hydrogen (secondary N) is 1. The minimum atomic E-state index is 0.582. The van der Waals surface area contributed by atoms with Crippen molar-refractivity contribution in [3.8, 4) is 0 Å². The molecule has 0 spiro atoms. The van der Waals surface area contributed by atoms with Gasteiger partial charge < -0.3 is 10.2 Å². The van der Waals surface area contributed by atoms with Gasteiger partial charge in [-0.25, -0.2) is 0 Å². The molecule has 0 radical (unpaired) electrons. The van der Waals surface area contributed by atoms with Gasteiger partial charge in [-0.1, -0.05) is 31.9 Å². The van der Waals surface area contributed by atoms with Crippen molar-refractivity contribution in [3.63, 3.8) is 0 Å². The Morgan fingerprint density at radius 2 is 2.10 bits per heavy atom. The Morgan fingerprint density at radius 1 is 1.35 bits per heavy atom. The van der Waals surface area contributed by atoms with Crippen molar-refractivity contribution in [1.29, 1.82) is 0 Å². The Balaban J connectivity index is 2.58. The van der Waals surface area contributed by atoms with Gasteiger partial charge in [-0.3, -0.25) is 4.68 Å². The first-order valence-corrected chi connectivity index (χ1v) is 8.04. The zero-order valence-electron chi connectivity index (χ0n) is 13.3. The molecule has 0 saturated carbocycles. The van der Waals surface area contributed by atoms with Gasteiger partial charge in [0.2, 0.25) is 0 Å². The molecule has 5 heteroatoms. The van der Waals surface area contributed by atoms with Crippen LogP contribution in [0.15, 0.2) is 6.20 Å². The third-order valence-electron chi connectivity index (χ3n) is 3.52. The molecule has 0 aliphatic carbocycles. The van der Waals surface area contributed by atoms with Gasteiger partial charge in [-0.2, -0.15) is 5.10 Å². The first-order chi connectivity index (χ1) is 9.58. The Hall–Kier alpha value is -0.580. The van der Waals surface area contributed by atoms with Crippen LogP contribution in [0, 0.1) is 0 Å².